The van der Waals surface area contributed by atoms with Gasteiger partial charge >= 0.3 is 5.97 Å². The van der Waals surface area contributed by atoms with Crippen LogP contribution in [0, 0.1) is 0 Å². The van der Waals surface area contributed by atoms with E-state index in [0.29, 0.717) is 6.54 Å². The van der Waals surface area contributed by atoms with E-state index < -0.39 is 12.0 Å². The van der Waals surface area contributed by atoms with Crippen molar-refractivity contribution in [3.05, 3.63) is 29.8 Å². The Labute approximate surface area is 88.9 Å². The van der Waals surface area contributed by atoms with Gasteiger partial charge in [-0.2, -0.15) is 0 Å². The second kappa shape index (κ2) is 5.36. The van der Waals surface area contributed by atoms with Crippen molar-refractivity contribution in [2.24, 2.45) is 0 Å². The lowest BCUT2D eigenvalue weighted by atomic mass is 10.2. The van der Waals surface area contributed by atoms with E-state index in [1.807, 2.05) is 24.3 Å². The van der Waals surface area contributed by atoms with Gasteiger partial charge in [-0.1, -0.05) is 12.1 Å². The number of hydrogen-bond acceptors (Lipinski definition) is 3. The molecule has 0 radical (unpaired) electrons. The van der Waals surface area contributed by atoms with Crippen molar-refractivity contribution >= 4 is 5.97 Å². The van der Waals surface area contributed by atoms with Gasteiger partial charge in [-0.25, -0.2) is 0 Å². The van der Waals surface area contributed by atoms with E-state index in [1.165, 1.54) is 0 Å². The fourth-order valence-electron chi connectivity index (χ4n) is 1.10. The van der Waals surface area contributed by atoms with Gasteiger partial charge in [0, 0.05) is 6.54 Å². The van der Waals surface area contributed by atoms with Crippen molar-refractivity contribution in [1.29, 1.82) is 0 Å². The zero-order chi connectivity index (χ0) is 11.3. The first kappa shape index (κ1) is 11.5. The Morgan fingerprint density at radius 1 is 1.47 bits per heavy atom. The summed E-state index contributed by atoms with van der Waals surface area (Å²) >= 11 is 0. The third-order valence-electron chi connectivity index (χ3n) is 2.14. The monoisotopic (exact) mass is 209 g/mol. The number of carboxylic acid groups (broad SMARTS) is 1. The fraction of sp³-hybridized carbons (Fsp3) is 0.364. The lowest BCUT2D eigenvalue weighted by Crippen LogP contribution is -2.33. The molecule has 0 aliphatic rings. The summed E-state index contributed by atoms with van der Waals surface area (Å²) in [6.45, 7) is 2.16. The first-order valence-electron chi connectivity index (χ1n) is 4.72. The third-order valence-corrected chi connectivity index (χ3v) is 2.14. The molecule has 4 nitrogen and oxygen atoms in total. The van der Waals surface area contributed by atoms with E-state index in [0.717, 1.165) is 11.3 Å². The Hall–Kier alpha value is -1.55. The molecule has 0 aliphatic carbocycles. The van der Waals surface area contributed by atoms with E-state index in [9.17, 15) is 4.79 Å². The van der Waals surface area contributed by atoms with Gasteiger partial charge < -0.3 is 15.2 Å². The molecule has 0 heterocycles. The van der Waals surface area contributed by atoms with Crippen LogP contribution in [-0.4, -0.2) is 24.2 Å². The van der Waals surface area contributed by atoms with E-state index in [4.69, 9.17) is 9.84 Å². The van der Waals surface area contributed by atoms with Gasteiger partial charge in [-0.3, -0.25) is 4.79 Å². The number of nitrogens with one attached hydrogen (secondary N) is 1. The number of aliphatic carboxylic acids is 1. The van der Waals surface area contributed by atoms with E-state index in [-0.39, 0.29) is 0 Å². The van der Waals surface area contributed by atoms with Gasteiger partial charge in [0.1, 0.15) is 11.8 Å². The summed E-state index contributed by atoms with van der Waals surface area (Å²) in [5.41, 5.74) is 1.03. The molecule has 0 saturated heterocycles. The summed E-state index contributed by atoms with van der Waals surface area (Å²) < 4.78 is 5.02. The molecule has 2 N–H and O–H groups in total. The minimum atomic E-state index is -0.844. The highest BCUT2D eigenvalue weighted by atomic mass is 16.5. The lowest BCUT2D eigenvalue weighted by molar-refractivity contribution is -0.139. The Morgan fingerprint density at radius 3 is 2.53 bits per heavy atom. The summed E-state index contributed by atoms with van der Waals surface area (Å²) in [7, 11) is 1.61. The molecule has 1 rings (SSSR count). The van der Waals surface area contributed by atoms with Crippen LogP contribution in [0.3, 0.4) is 0 Å². The summed E-state index contributed by atoms with van der Waals surface area (Å²) in [5.74, 6) is -0.0476. The Bertz CT molecular complexity index is 321. The highest BCUT2D eigenvalue weighted by Crippen LogP contribution is 2.10. The maximum Gasteiger partial charge on any atom is 0.320 e. The maximum absolute atomic E-state index is 10.5. The quantitative estimate of drug-likeness (QED) is 0.766. The predicted octanol–water partition coefficient (Wildman–Crippen LogP) is 1.26. The maximum atomic E-state index is 10.5. The highest BCUT2D eigenvalue weighted by Gasteiger charge is 2.08. The van der Waals surface area contributed by atoms with Crippen LogP contribution in [0.4, 0.5) is 0 Å². The molecular formula is C11H15NO3. The van der Waals surface area contributed by atoms with Crippen LogP contribution in [0.15, 0.2) is 24.3 Å². The average Bonchev–Trinajstić information content (AvgIpc) is 2.26. The number of rotatable bonds is 5. The van der Waals surface area contributed by atoms with Crippen molar-refractivity contribution in [3.63, 3.8) is 0 Å². The van der Waals surface area contributed by atoms with Gasteiger partial charge in [0.2, 0.25) is 0 Å². The van der Waals surface area contributed by atoms with Crippen molar-refractivity contribution < 1.29 is 14.6 Å². The summed E-state index contributed by atoms with van der Waals surface area (Å²) in [5, 5.41) is 11.6. The third kappa shape index (κ3) is 3.59. The predicted molar refractivity (Wildman–Crippen MR) is 56.9 cm³/mol. The minimum Gasteiger partial charge on any atom is -0.497 e. The molecular weight excluding hydrogens is 194 g/mol. The zero-order valence-electron chi connectivity index (χ0n) is 8.86. The standard InChI is InChI=1S/C11H15NO3/c1-8(11(13)14)12-7-9-3-5-10(15-2)6-4-9/h3-6,8,12H,7H2,1-2H3,(H,13,14)/t8-/m0/s1. The Balaban J connectivity index is 2.47. The number of methoxy groups -OCH3 is 1. The number of hydrogen-bond donors (Lipinski definition) is 2. The number of carboxylic acids is 1. The molecule has 1 aromatic rings. The number of ether oxygens (including phenoxy) is 1. The largest absolute Gasteiger partial charge is 0.497 e. The summed E-state index contributed by atoms with van der Waals surface area (Å²) in [6.07, 6.45) is 0. The molecule has 15 heavy (non-hydrogen) atoms. The van der Waals surface area contributed by atoms with Gasteiger partial charge in [-0.15, -0.1) is 0 Å². The van der Waals surface area contributed by atoms with Crippen LogP contribution in [0.2, 0.25) is 0 Å². The molecule has 1 aromatic carbocycles. The molecule has 0 aliphatic heterocycles. The smallest absolute Gasteiger partial charge is 0.320 e. The first-order chi connectivity index (χ1) is 7.13. The van der Waals surface area contributed by atoms with E-state index in [2.05, 4.69) is 5.32 Å². The van der Waals surface area contributed by atoms with Gasteiger partial charge in [0.25, 0.3) is 0 Å². The number of benzene rings is 1. The first-order valence-corrected chi connectivity index (χ1v) is 4.72. The van der Waals surface area contributed by atoms with Crippen LogP contribution in [-0.2, 0) is 11.3 Å². The summed E-state index contributed by atoms with van der Waals surface area (Å²) in [6, 6.07) is 6.97. The van der Waals surface area contributed by atoms with Crippen LogP contribution < -0.4 is 10.1 Å². The van der Waals surface area contributed by atoms with Crippen molar-refractivity contribution in [2.45, 2.75) is 19.5 Å². The molecule has 0 amide bonds. The lowest BCUT2D eigenvalue weighted by Gasteiger charge is -2.09. The molecule has 0 bridgehead atoms. The van der Waals surface area contributed by atoms with Crippen LogP contribution >= 0.6 is 0 Å². The Kier molecular flexibility index (Phi) is 4.12. The van der Waals surface area contributed by atoms with Crippen LogP contribution in [0.25, 0.3) is 0 Å². The highest BCUT2D eigenvalue weighted by molar-refractivity contribution is 5.72. The molecule has 82 valence electrons. The molecule has 0 saturated carbocycles. The average molecular weight is 209 g/mol. The second-order valence-corrected chi connectivity index (χ2v) is 3.29. The van der Waals surface area contributed by atoms with E-state index >= 15 is 0 Å². The molecule has 0 unspecified atom stereocenters. The second-order valence-electron chi connectivity index (χ2n) is 3.29. The fourth-order valence-corrected chi connectivity index (χ4v) is 1.10. The topological polar surface area (TPSA) is 58.6 Å². The van der Waals surface area contributed by atoms with Crippen LogP contribution in [0.1, 0.15) is 12.5 Å². The SMILES string of the molecule is COc1ccc(CN[C@@H](C)C(=O)O)cc1. The normalized spacial score (nSPS) is 12.1. The minimum absolute atomic E-state index is 0.535. The molecule has 0 fully saturated rings. The van der Waals surface area contributed by atoms with Crippen molar-refractivity contribution in [3.8, 4) is 5.75 Å². The number of carbonyl (C=O) groups is 1. The van der Waals surface area contributed by atoms with Gasteiger partial charge in [-0.05, 0) is 24.6 Å². The van der Waals surface area contributed by atoms with Gasteiger partial charge in [0.15, 0.2) is 0 Å². The molecule has 1 atom stereocenters. The summed E-state index contributed by atoms with van der Waals surface area (Å²) in [4.78, 5) is 10.5. The van der Waals surface area contributed by atoms with Gasteiger partial charge in [0.05, 0.1) is 7.11 Å². The Morgan fingerprint density at radius 2 is 2.07 bits per heavy atom. The molecule has 0 aromatic heterocycles. The molecule has 0 spiro atoms. The molecule has 4 heteroatoms. The van der Waals surface area contributed by atoms with Crippen LogP contribution in [0.5, 0.6) is 5.75 Å². The van der Waals surface area contributed by atoms with Crippen molar-refractivity contribution in [1.82, 2.24) is 5.32 Å². The van der Waals surface area contributed by atoms with Crippen molar-refractivity contribution in [2.75, 3.05) is 7.11 Å². The van der Waals surface area contributed by atoms with E-state index in [1.54, 1.807) is 14.0 Å². The zero-order valence-corrected chi connectivity index (χ0v) is 8.86.